The molecule has 2 N–H and O–H groups in total. The predicted molar refractivity (Wildman–Crippen MR) is 88.5 cm³/mol. The first-order valence-corrected chi connectivity index (χ1v) is 7.97. The quantitative estimate of drug-likeness (QED) is 0.797. The smallest absolute Gasteiger partial charge is 0.307 e. The zero-order chi connectivity index (χ0) is 17.4. The van der Waals surface area contributed by atoms with E-state index in [1.54, 1.807) is 12.1 Å². The van der Waals surface area contributed by atoms with E-state index in [-0.39, 0.29) is 17.7 Å². The zero-order valence-corrected chi connectivity index (χ0v) is 14.0. The number of carbonyl (C=O) groups excluding carboxylic acids is 1. The summed E-state index contributed by atoms with van der Waals surface area (Å²) >= 11 is 6.06. The van der Waals surface area contributed by atoms with Gasteiger partial charge in [-0.05, 0) is 18.3 Å². The molecule has 1 aromatic rings. The molecule has 1 amide bonds. The van der Waals surface area contributed by atoms with Gasteiger partial charge in [-0.2, -0.15) is 0 Å². The number of fused-ring (bicyclic) bond motifs is 2. The van der Waals surface area contributed by atoms with Gasteiger partial charge in [0.2, 0.25) is 5.91 Å². The van der Waals surface area contributed by atoms with Gasteiger partial charge in [-0.25, -0.2) is 0 Å². The Bertz CT molecular complexity index is 717. The fourth-order valence-corrected chi connectivity index (χ4v) is 3.92. The molecular weight excluding hydrogens is 334 g/mol. The molecule has 2 aliphatic carbocycles. The number of rotatable bonds is 5. The molecule has 0 spiro atoms. The first-order valence-electron chi connectivity index (χ1n) is 7.59. The van der Waals surface area contributed by atoms with Crippen molar-refractivity contribution >= 4 is 29.2 Å². The summed E-state index contributed by atoms with van der Waals surface area (Å²) in [6, 6.07) is 3.11. The molecule has 7 heteroatoms. The average molecular weight is 352 g/mol. The molecule has 0 saturated heterocycles. The van der Waals surface area contributed by atoms with Crippen molar-refractivity contribution in [2.75, 3.05) is 19.5 Å². The lowest BCUT2D eigenvalue weighted by molar-refractivity contribution is -0.146. The van der Waals surface area contributed by atoms with Gasteiger partial charge in [-0.15, -0.1) is 0 Å². The number of carbonyl (C=O) groups is 2. The Morgan fingerprint density at radius 2 is 1.75 bits per heavy atom. The second-order valence-corrected chi connectivity index (χ2v) is 6.42. The van der Waals surface area contributed by atoms with Crippen molar-refractivity contribution in [2.24, 2.45) is 23.7 Å². The van der Waals surface area contributed by atoms with Gasteiger partial charge in [-0.1, -0.05) is 23.8 Å². The van der Waals surface area contributed by atoms with Crippen LogP contribution in [0.2, 0.25) is 5.02 Å². The van der Waals surface area contributed by atoms with Crippen LogP contribution in [-0.4, -0.2) is 31.2 Å². The van der Waals surface area contributed by atoms with E-state index in [1.807, 2.05) is 12.2 Å². The van der Waals surface area contributed by atoms with E-state index in [4.69, 9.17) is 21.1 Å². The van der Waals surface area contributed by atoms with Gasteiger partial charge >= 0.3 is 5.97 Å². The van der Waals surface area contributed by atoms with E-state index in [9.17, 15) is 14.7 Å². The van der Waals surface area contributed by atoms with Crippen LogP contribution in [0.5, 0.6) is 11.5 Å². The summed E-state index contributed by atoms with van der Waals surface area (Å²) in [6.07, 6.45) is 4.54. The van der Waals surface area contributed by atoms with Gasteiger partial charge in [0.05, 0.1) is 36.8 Å². The third kappa shape index (κ3) is 2.71. The Morgan fingerprint density at radius 1 is 1.12 bits per heavy atom. The van der Waals surface area contributed by atoms with Crippen LogP contribution in [0.15, 0.2) is 24.3 Å². The summed E-state index contributed by atoms with van der Waals surface area (Å²) in [4.78, 5) is 24.3. The van der Waals surface area contributed by atoms with E-state index in [2.05, 4.69) is 5.32 Å². The third-order valence-corrected chi connectivity index (χ3v) is 5.07. The molecule has 0 heterocycles. The summed E-state index contributed by atoms with van der Waals surface area (Å²) in [5.41, 5.74) is 0.402. The van der Waals surface area contributed by atoms with Crippen LogP contribution in [-0.2, 0) is 9.59 Å². The maximum Gasteiger partial charge on any atom is 0.307 e. The van der Waals surface area contributed by atoms with Gasteiger partial charge in [0.1, 0.15) is 11.5 Å². The average Bonchev–Trinajstić information content (AvgIpc) is 3.16. The molecule has 3 rings (SSSR count). The van der Waals surface area contributed by atoms with E-state index in [1.165, 1.54) is 14.2 Å². The number of amides is 1. The molecular formula is C17H18ClNO5. The number of halogens is 1. The topological polar surface area (TPSA) is 84.9 Å². The maximum atomic E-state index is 12.7. The summed E-state index contributed by atoms with van der Waals surface area (Å²) in [5, 5.41) is 12.6. The normalized spacial score (nSPS) is 27.1. The van der Waals surface area contributed by atoms with Gasteiger partial charge in [0, 0.05) is 12.1 Å². The number of benzene rings is 1. The van der Waals surface area contributed by atoms with E-state index in [0.717, 1.165) is 0 Å². The highest BCUT2D eigenvalue weighted by Crippen LogP contribution is 2.48. The van der Waals surface area contributed by atoms with Crippen LogP contribution >= 0.6 is 11.6 Å². The standard InChI is InChI=1S/C17H18ClNO5/c1-23-12-7-11(13(24-2)6-10(12)18)19-16(20)14-8-3-4-9(5-8)15(14)17(21)22/h3-4,6-9,14-15H,5H2,1-2H3,(H,19,20)(H,21,22)/t8-,9-,14+,15+/m0/s1. The van der Waals surface area contributed by atoms with Crippen molar-refractivity contribution in [3.05, 3.63) is 29.3 Å². The van der Waals surface area contributed by atoms with Crippen LogP contribution in [0.25, 0.3) is 0 Å². The van der Waals surface area contributed by atoms with Crippen molar-refractivity contribution in [3.63, 3.8) is 0 Å². The highest BCUT2D eigenvalue weighted by Gasteiger charge is 2.51. The van der Waals surface area contributed by atoms with Crippen molar-refractivity contribution in [3.8, 4) is 11.5 Å². The molecule has 0 radical (unpaired) electrons. The molecule has 24 heavy (non-hydrogen) atoms. The van der Waals surface area contributed by atoms with Gasteiger partial charge < -0.3 is 19.9 Å². The highest BCUT2D eigenvalue weighted by molar-refractivity contribution is 6.32. The predicted octanol–water partition coefficient (Wildman–Crippen LogP) is 2.82. The number of carboxylic acid groups (broad SMARTS) is 1. The molecule has 0 unspecified atom stereocenters. The Kier molecular flexibility index (Phi) is 4.41. The molecule has 2 bridgehead atoms. The van der Waals surface area contributed by atoms with Crippen molar-refractivity contribution < 1.29 is 24.2 Å². The Hall–Kier alpha value is -2.21. The lowest BCUT2D eigenvalue weighted by Crippen LogP contribution is -2.36. The monoisotopic (exact) mass is 351 g/mol. The SMILES string of the molecule is COc1cc(NC(=O)[C@H]2[C@H](C(=O)O)[C@H]3C=C[C@H]2C3)c(OC)cc1Cl. The van der Waals surface area contributed by atoms with Crippen LogP contribution in [0, 0.1) is 23.7 Å². The molecule has 2 aliphatic rings. The number of nitrogens with one attached hydrogen (secondary N) is 1. The highest BCUT2D eigenvalue weighted by atomic mass is 35.5. The molecule has 1 saturated carbocycles. The number of hydrogen-bond donors (Lipinski definition) is 2. The minimum atomic E-state index is -0.937. The Balaban J connectivity index is 1.87. The van der Waals surface area contributed by atoms with Crippen molar-refractivity contribution in [2.45, 2.75) is 6.42 Å². The van der Waals surface area contributed by atoms with Crippen molar-refractivity contribution in [1.82, 2.24) is 0 Å². The van der Waals surface area contributed by atoms with E-state index < -0.39 is 17.8 Å². The minimum Gasteiger partial charge on any atom is -0.495 e. The minimum absolute atomic E-state index is 0.0451. The fourth-order valence-electron chi connectivity index (χ4n) is 3.69. The first kappa shape index (κ1) is 16.6. The lowest BCUT2D eigenvalue weighted by Gasteiger charge is -2.24. The first-order chi connectivity index (χ1) is 11.5. The molecule has 1 aromatic carbocycles. The van der Waals surface area contributed by atoms with Gasteiger partial charge in [0.25, 0.3) is 0 Å². The second-order valence-electron chi connectivity index (χ2n) is 6.01. The number of aliphatic carboxylic acids is 1. The van der Waals surface area contributed by atoms with Crippen molar-refractivity contribution in [1.29, 1.82) is 0 Å². The molecule has 6 nitrogen and oxygen atoms in total. The molecule has 1 fully saturated rings. The zero-order valence-electron chi connectivity index (χ0n) is 13.3. The Morgan fingerprint density at radius 3 is 2.33 bits per heavy atom. The van der Waals surface area contributed by atoms with Gasteiger partial charge in [0.15, 0.2) is 0 Å². The number of hydrogen-bond acceptors (Lipinski definition) is 4. The number of allylic oxidation sites excluding steroid dienone is 2. The number of anilines is 1. The number of carboxylic acids is 1. The van der Waals surface area contributed by atoms with Crippen LogP contribution in [0.4, 0.5) is 5.69 Å². The molecule has 0 aromatic heterocycles. The molecule has 128 valence electrons. The summed E-state index contributed by atoms with van der Waals surface area (Å²) < 4.78 is 10.4. The fraction of sp³-hybridized carbons (Fsp3) is 0.412. The van der Waals surface area contributed by atoms with E-state index >= 15 is 0 Å². The summed E-state index contributed by atoms with van der Waals surface area (Å²) in [5.74, 6) is -1.89. The largest absolute Gasteiger partial charge is 0.495 e. The third-order valence-electron chi connectivity index (χ3n) is 4.78. The lowest BCUT2D eigenvalue weighted by atomic mass is 9.82. The number of methoxy groups -OCH3 is 2. The van der Waals surface area contributed by atoms with Crippen LogP contribution in [0.1, 0.15) is 6.42 Å². The molecule has 0 aliphatic heterocycles. The maximum absolute atomic E-state index is 12.7. The molecule has 4 atom stereocenters. The van der Waals surface area contributed by atoms with E-state index in [0.29, 0.717) is 28.6 Å². The second kappa shape index (κ2) is 6.36. The Labute approximate surface area is 144 Å². The summed E-state index contributed by atoms with van der Waals surface area (Å²) in [7, 11) is 2.94. The van der Waals surface area contributed by atoms with Crippen LogP contribution in [0.3, 0.4) is 0 Å². The summed E-state index contributed by atoms with van der Waals surface area (Å²) in [6.45, 7) is 0. The van der Waals surface area contributed by atoms with Gasteiger partial charge in [-0.3, -0.25) is 9.59 Å². The van der Waals surface area contributed by atoms with Crippen LogP contribution < -0.4 is 14.8 Å². The number of ether oxygens (including phenoxy) is 2.